The Bertz CT molecular complexity index is 417. The van der Waals surface area contributed by atoms with Crippen LogP contribution in [0.15, 0.2) is 36.8 Å². The van der Waals surface area contributed by atoms with Gasteiger partial charge in [0.2, 0.25) is 0 Å². The molecule has 0 amide bonds. The summed E-state index contributed by atoms with van der Waals surface area (Å²) in [4.78, 5) is 4.12. The van der Waals surface area contributed by atoms with Gasteiger partial charge in [0.25, 0.3) is 0 Å². The number of nitrogens with zero attached hydrogens (tertiary/aromatic N) is 2. The molecule has 1 aromatic carbocycles. The molecule has 0 aliphatic carbocycles. The highest BCUT2D eigenvalue weighted by molar-refractivity contribution is 5.16. The van der Waals surface area contributed by atoms with Crippen molar-refractivity contribution in [3.63, 3.8) is 0 Å². The summed E-state index contributed by atoms with van der Waals surface area (Å²) in [5.41, 5.74) is 2.07. The smallest absolute Gasteiger partial charge is 0.123 e. The van der Waals surface area contributed by atoms with Crippen LogP contribution >= 0.6 is 0 Å². The van der Waals surface area contributed by atoms with Crippen LogP contribution in [0.1, 0.15) is 11.3 Å². The highest BCUT2D eigenvalue weighted by Gasteiger charge is 1.96. The first kappa shape index (κ1) is 8.94. The topological polar surface area (TPSA) is 17.8 Å². The highest BCUT2D eigenvalue weighted by atomic mass is 19.1. The van der Waals surface area contributed by atoms with E-state index in [0.29, 0.717) is 0 Å². The van der Waals surface area contributed by atoms with E-state index in [2.05, 4.69) is 4.98 Å². The average Bonchev–Trinajstić information content (AvgIpc) is 2.56. The van der Waals surface area contributed by atoms with Crippen LogP contribution in [-0.2, 0) is 6.54 Å². The van der Waals surface area contributed by atoms with E-state index in [1.54, 1.807) is 18.5 Å². The summed E-state index contributed by atoms with van der Waals surface area (Å²) < 4.78 is 14.6. The molecule has 0 N–H and O–H groups in total. The average molecular weight is 190 g/mol. The van der Waals surface area contributed by atoms with E-state index >= 15 is 0 Å². The maximum absolute atomic E-state index is 12.6. The molecule has 1 aromatic heterocycles. The normalized spacial score (nSPS) is 10.4. The van der Waals surface area contributed by atoms with E-state index in [-0.39, 0.29) is 5.82 Å². The number of aromatic nitrogens is 2. The first-order valence-corrected chi connectivity index (χ1v) is 4.47. The Hall–Kier alpha value is -1.64. The van der Waals surface area contributed by atoms with Gasteiger partial charge in [0.05, 0.1) is 12.0 Å². The lowest BCUT2D eigenvalue weighted by Gasteiger charge is -2.01. The highest BCUT2D eigenvalue weighted by Crippen LogP contribution is 2.05. The van der Waals surface area contributed by atoms with Gasteiger partial charge in [-0.2, -0.15) is 0 Å². The molecule has 0 fully saturated rings. The third kappa shape index (κ3) is 1.99. The van der Waals surface area contributed by atoms with Gasteiger partial charge in [0.1, 0.15) is 5.82 Å². The molecule has 1 heterocycles. The third-order valence-corrected chi connectivity index (χ3v) is 2.04. The van der Waals surface area contributed by atoms with E-state index in [1.807, 2.05) is 17.7 Å². The van der Waals surface area contributed by atoms with Crippen LogP contribution in [0.4, 0.5) is 4.39 Å². The van der Waals surface area contributed by atoms with Gasteiger partial charge in [-0.05, 0) is 24.6 Å². The molecule has 0 radical (unpaired) electrons. The summed E-state index contributed by atoms with van der Waals surface area (Å²) in [6, 6.07) is 6.51. The summed E-state index contributed by atoms with van der Waals surface area (Å²) >= 11 is 0. The van der Waals surface area contributed by atoms with Gasteiger partial charge in [-0.15, -0.1) is 0 Å². The Morgan fingerprint density at radius 2 is 2.00 bits per heavy atom. The number of halogens is 1. The molecule has 0 aliphatic rings. The van der Waals surface area contributed by atoms with Crippen molar-refractivity contribution >= 4 is 0 Å². The first-order chi connectivity index (χ1) is 6.74. The fourth-order valence-electron chi connectivity index (χ4n) is 1.36. The molecule has 2 rings (SSSR count). The Kier molecular flexibility index (Phi) is 2.31. The molecule has 2 aromatic rings. The minimum Gasteiger partial charge on any atom is -0.333 e. The molecule has 0 saturated carbocycles. The van der Waals surface area contributed by atoms with E-state index in [1.165, 1.54) is 12.1 Å². The summed E-state index contributed by atoms with van der Waals surface area (Å²) in [7, 11) is 0. The number of hydrogen-bond acceptors (Lipinski definition) is 1. The SMILES string of the molecule is Cc1cn(Cc2ccc(F)cc2)cn1. The van der Waals surface area contributed by atoms with Crippen LogP contribution in [0.5, 0.6) is 0 Å². The molecule has 0 aliphatic heterocycles. The van der Waals surface area contributed by atoms with Crippen LogP contribution in [0.3, 0.4) is 0 Å². The monoisotopic (exact) mass is 190 g/mol. The fraction of sp³-hybridized carbons (Fsp3) is 0.182. The molecular weight excluding hydrogens is 179 g/mol. The van der Waals surface area contributed by atoms with E-state index in [9.17, 15) is 4.39 Å². The standard InChI is InChI=1S/C11H11FN2/c1-9-6-14(8-13-9)7-10-2-4-11(12)5-3-10/h2-6,8H,7H2,1H3. The number of benzene rings is 1. The Balaban J connectivity index is 2.15. The maximum Gasteiger partial charge on any atom is 0.123 e. The zero-order valence-electron chi connectivity index (χ0n) is 7.94. The predicted molar refractivity (Wildman–Crippen MR) is 52.5 cm³/mol. The van der Waals surface area contributed by atoms with Gasteiger partial charge in [0, 0.05) is 12.7 Å². The van der Waals surface area contributed by atoms with Crippen molar-refractivity contribution in [1.29, 1.82) is 0 Å². The Morgan fingerprint density at radius 1 is 1.29 bits per heavy atom. The van der Waals surface area contributed by atoms with Crippen molar-refractivity contribution in [1.82, 2.24) is 9.55 Å². The van der Waals surface area contributed by atoms with Crippen LogP contribution in [0.25, 0.3) is 0 Å². The Morgan fingerprint density at radius 3 is 2.57 bits per heavy atom. The molecule has 2 nitrogen and oxygen atoms in total. The van der Waals surface area contributed by atoms with Gasteiger partial charge in [-0.1, -0.05) is 12.1 Å². The molecule has 0 spiro atoms. The first-order valence-electron chi connectivity index (χ1n) is 4.47. The zero-order chi connectivity index (χ0) is 9.97. The van der Waals surface area contributed by atoms with Gasteiger partial charge in [-0.3, -0.25) is 0 Å². The zero-order valence-corrected chi connectivity index (χ0v) is 7.94. The summed E-state index contributed by atoms with van der Waals surface area (Å²) in [6.07, 6.45) is 3.74. The van der Waals surface area contributed by atoms with Crippen molar-refractivity contribution < 1.29 is 4.39 Å². The van der Waals surface area contributed by atoms with Crippen LogP contribution in [-0.4, -0.2) is 9.55 Å². The number of hydrogen-bond donors (Lipinski definition) is 0. The summed E-state index contributed by atoms with van der Waals surface area (Å²) in [6.45, 7) is 2.68. The quantitative estimate of drug-likeness (QED) is 0.711. The largest absolute Gasteiger partial charge is 0.333 e. The summed E-state index contributed by atoms with van der Waals surface area (Å²) in [5, 5.41) is 0. The molecule has 3 heteroatoms. The number of aryl methyl sites for hydroxylation is 1. The second kappa shape index (κ2) is 3.62. The second-order valence-corrected chi connectivity index (χ2v) is 3.31. The molecule has 14 heavy (non-hydrogen) atoms. The van der Waals surface area contributed by atoms with Crippen molar-refractivity contribution in [2.45, 2.75) is 13.5 Å². The maximum atomic E-state index is 12.6. The number of rotatable bonds is 2. The lowest BCUT2D eigenvalue weighted by atomic mass is 10.2. The molecule has 0 unspecified atom stereocenters. The Labute approximate surface area is 82.0 Å². The van der Waals surface area contributed by atoms with Gasteiger partial charge in [-0.25, -0.2) is 9.37 Å². The molecule has 0 bridgehead atoms. The molecular formula is C11H11FN2. The van der Waals surface area contributed by atoms with E-state index in [0.717, 1.165) is 17.8 Å². The van der Waals surface area contributed by atoms with Gasteiger partial charge < -0.3 is 4.57 Å². The van der Waals surface area contributed by atoms with Gasteiger partial charge >= 0.3 is 0 Å². The van der Waals surface area contributed by atoms with Crippen molar-refractivity contribution in [2.75, 3.05) is 0 Å². The minimum atomic E-state index is -0.199. The van der Waals surface area contributed by atoms with Crippen LogP contribution in [0.2, 0.25) is 0 Å². The van der Waals surface area contributed by atoms with Crippen molar-refractivity contribution in [3.8, 4) is 0 Å². The molecule has 0 atom stereocenters. The third-order valence-electron chi connectivity index (χ3n) is 2.04. The molecule has 0 saturated heterocycles. The second-order valence-electron chi connectivity index (χ2n) is 3.31. The lowest BCUT2D eigenvalue weighted by Crippen LogP contribution is -1.95. The van der Waals surface area contributed by atoms with Crippen molar-refractivity contribution in [2.24, 2.45) is 0 Å². The lowest BCUT2D eigenvalue weighted by molar-refractivity contribution is 0.626. The number of imidazole rings is 1. The van der Waals surface area contributed by atoms with E-state index in [4.69, 9.17) is 0 Å². The minimum absolute atomic E-state index is 0.199. The van der Waals surface area contributed by atoms with Crippen molar-refractivity contribution in [3.05, 3.63) is 53.9 Å². The van der Waals surface area contributed by atoms with Crippen LogP contribution < -0.4 is 0 Å². The fourth-order valence-corrected chi connectivity index (χ4v) is 1.36. The molecule has 72 valence electrons. The predicted octanol–water partition coefficient (Wildman–Crippen LogP) is 2.38. The van der Waals surface area contributed by atoms with Crippen LogP contribution in [0, 0.1) is 12.7 Å². The van der Waals surface area contributed by atoms with E-state index < -0.39 is 0 Å². The summed E-state index contributed by atoms with van der Waals surface area (Å²) in [5.74, 6) is -0.199. The van der Waals surface area contributed by atoms with Gasteiger partial charge in [0.15, 0.2) is 0 Å².